The second kappa shape index (κ2) is 2.52. The summed E-state index contributed by atoms with van der Waals surface area (Å²) in [5.41, 5.74) is 1.20. The van der Waals surface area contributed by atoms with Gasteiger partial charge in [-0.3, -0.25) is 0 Å². The van der Waals surface area contributed by atoms with Crippen LogP contribution in [0.25, 0.3) is 0 Å². The Bertz CT molecular complexity index is 323. The number of allylic oxidation sites excluding steroid dienone is 2. The maximum absolute atomic E-state index is 9.11. The molecule has 3 nitrogen and oxygen atoms in total. The average molecular weight is 162 g/mol. The quantitative estimate of drug-likeness (QED) is 0.587. The lowest BCUT2D eigenvalue weighted by Crippen LogP contribution is -2.29. The van der Waals surface area contributed by atoms with E-state index in [1.807, 2.05) is 30.2 Å². The molecule has 0 saturated heterocycles. The number of hydrogen-bond acceptors (Lipinski definition) is 3. The Morgan fingerprint density at radius 1 is 1.50 bits per heavy atom. The molecule has 0 bridgehead atoms. The van der Waals surface area contributed by atoms with E-state index in [1.165, 1.54) is 5.57 Å². The first-order valence-corrected chi connectivity index (χ1v) is 3.87. The minimum Gasteiger partial charge on any atom is -0.493 e. The number of nitrogens with zero attached hydrogens (tertiary/aromatic N) is 2. The van der Waals surface area contributed by atoms with Crippen molar-refractivity contribution in [1.82, 2.24) is 4.90 Å². The average Bonchev–Trinajstić information content (AvgIpc) is 2.05. The number of aliphatic imine (C=N–C) groups is 1. The van der Waals surface area contributed by atoms with Crippen molar-refractivity contribution in [2.24, 2.45) is 4.99 Å². The second-order valence-electron chi connectivity index (χ2n) is 2.89. The molecule has 0 saturated carbocycles. The highest BCUT2D eigenvalue weighted by molar-refractivity contribution is 5.96. The third kappa shape index (κ3) is 1.13. The lowest BCUT2D eigenvalue weighted by atomic mass is 10.2. The van der Waals surface area contributed by atoms with Gasteiger partial charge in [0.15, 0.2) is 0 Å². The largest absolute Gasteiger partial charge is 0.493 e. The molecular formula is C9H10N2O. The molecule has 2 rings (SSSR count). The Balaban J connectivity index is 2.33. The fourth-order valence-corrected chi connectivity index (χ4v) is 1.25. The molecule has 0 fully saturated rings. The van der Waals surface area contributed by atoms with Gasteiger partial charge in [0.2, 0.25) is 5.88 Å². The minimum absolute atomic E-state index is 0.110. The maximum atomic E-state index is 9.11. The highest BCUT2D eigenvalue weighted by atomic mass is 16.3. The molecule has 0 aromatic heterocycles. The van der Waals surface area contributed by atoms with Gasteiger partial charge in [-0.2, -0.15) is 4.99 Å². The van der Waals surface area contributed by atoms with Crippen LogP contribution in [0.15, 0.2) is 40.9 Å². The number of rotatable bonds is 0. The van der Waals surface area contributed by atoms with Gasteiger partial charge in [-0.15, -0.1) is 0 Å². The number of hydrogen-bond donors (Lipinski definition) is 1. The third-order valence-corrected chi connectivity index (χ3v) is 1.85. The van der Waals surface area contributed by atoms with Crippen LogP contribution in [0.2, 0.25) is 0 Å². The van der Waals surface area contributed by atoms with Crippen LogP contribution in [-0.4, -0.2) is 22.4 Å². The van der Waals surface area contributed by atoms with Crippen LogP contribution in [0.1, 0.15) is 6.92 Å². The van der Waals surface area contributed by atoms with Gasteiger partial charge in [0.1, 0.15) is 5.84 Å². The van der Waals surface area contributed by atoms with Crippen LogP contribution in [0.5, 0.6) is 0 Å². The van der Waals surface area contributed by atoms with Crippen molar-refractivity contribution in [3.63, 3.8) is 0 Å². The number of aliphatic hydroxyl groups is 1. The fourth-order valence-electron chi connectivity index (χ4n) is 1.25. The Morgan fingerprint density at radius 3 is 3.17 bits per heavy atom. The van der Waals surface area contributed by atoms with E-state index in [1.54, 1.807) is 6.08 Å². The van der Waals surface area contributed by atoms with Crippen LogP contribution >= 0.6 is 0 Å². The topological polar surface area (TPSA) is 35.8 Å². The summed E-state index contributed by atoms with van der Waals surface area (Å²) in [6.45, 7) is 2.73. The van der Waals surface area contributed by atoms with E-state index in [0.29, 0.717) is 6.54 Å². The molecular weight excluding hydrogens is 152 g/mol. The van der Waals surface area contributed by atoms with Gasteiger partial charge in [-0.25, -0.2) is 0 Å². The van der Waals surface area contributed by atoms with Crippen LogP contribution in [-0.2, 0) is 0 Å². The standard InChI is InChI=1S/C9H10N2O/c1-7-2-3-8-10-9(12)4-5-11(8)6-7/h2-4,6,12H,5H2,1H3. The Kier molecular flexibility index (Phi) is 1.50. The van der Waals surface area contributed by atoms with Crippen LogP contribution in [0.4, 0.5) is 0 Å². The molecule has 0 spiro atoms. The summed E-state index contributed by atoms with van der Waals surface area (Å²) in [5.74, 6) is 0.916. The smallest absolute Gasteiger partial charge is 0.210 e. The molecule has 0 amide bonds. The third-order valence-electron chi connectivity index (χ3n) is 1.85. The maximum Gasteiger partial charge on any atom is 0.210 e. The summed E-state index contributed by atoms with van der Waals surface area (Å²) in [6, 6.07) is 0. The van der Waals surface area contributed by atoms with E-state index in [0.717, 1.165) is 5.84 Å². The molecule has 2 heterocycles. The highest BCUT2D eigenvalue weighted by Gasteiger charge is 2.13. The molecule has 0 aromatic rings. The Hall–Kier alpha value is -1.51. The van der Waals surface area contributed by atoms with E-state index in [2.05, 4.69) is 4.99 Å². The monoisotopic (exact) mass is 162 g/mol. The first-order chi connectivity index (χ1) is 5.75. The minimum atomic E-state index is 0.110. The van der Waals surface area contributed by atoms with E-state index < -0.39 is 0 Å². The second-order valence-corrected chi connectivity index (χ2v) is 2.89. The van der Waals surface area contributed by atoms with Gasteiger partial charge in [0, 0.05) is 12.7 Å². The lowest BCUT2D eigenvalue weighted by Gasteiger charge is -2.24. The summed E-state index contributed by atoms with van der Waals surface area (Å²) < 4.78 is 0. The van der Waals surface area contributed by atoms with Crippen molar-refractivity contribution < 1.29 is 5.11 Å². The van der Waals surface area contributed by atoms with Crippen molar-refractivity contribution in [3.8, 4) is 0 Å². The molecule has 3 heteroatoms. The zero-order valence-corrected chi connectivity index (χ0v) is 6.86. The molecule has 0 atom stereocenters. The number of fused-ring (bicyclic) bond motifs is 1. The van der Waals surface area contributed by atoms with Crippen molar-refractivity contribution in [1.29, 1.82) is 0 Å². The van der Waals surface area contributed by atoms with E-state index in [9.17, 15) is 0 Å². The highest BCUT2D eigenvalue weighted by Crippen LogP contribution is 2.13. The summed E-state index contributed by atoms with van der Waals surface area (Å²) in [4.78, 5) is 5.96. The fraction of sp³-hybridized carbons (Fsp3) is 0.222. The SMILES string of the molecule is CC1=CN2CC=C(O)N=C2C=C1. The molecule has 2 aliphatic heterocycles. The van der Waals surface area contributed by atoms with Gasteiger partial charge < -0.3 is 10.0 Å². The van der Waals surface area contributed by atoms with Crippen molar-refractivity contribution in [2.45, 2.75) is 6.92 Å². The predicted octanol–water partition coefficient (Wildman–Crippen LogP) is 1.57. The van der Waals surface area contributed by atoms with Crippen molar-refractivity contribution in [3.05, 3.63) is 35.9 Å². The summed E-state index contributed by atoms with van der Waals surface area (Å²) >= 11 is 0. The molecule has 12 heavy (non-hydrogen) atoms. The van der Waals surface area contributed by atoms with Gasteiger partial charge in [-0.05, 0) is 24.6 Å². The number of aliphatic hydroxyl groups excluding tert-OH is 1. The van der Waals surface area contributed by atoms with Gasteiger partial charge in [0.05, 0.1) is 0 Å². The van der Waals surface area contributed by atoms with Gasteiger partial charge in [0.25, 0.3) is 0 Å². The van der Waals surface area contributed by atoms with Crippen molar-refractivity contribution >= 4 is 5.84 Å². The van der Waals surface area contributed by atoms with E-state index in [4.69, 9.17) is 5.11 Å². The molecule has 1 N–H and O–H groups in total. The summed E-state index contributed by atoms with van der Waals surface area (Å²) in [7, 11) is 0. The predicted molar refractivity (Wildman–Crippen MR) is 47.7 cm³/mol. The number of amidine groups is 1. The molecule has 2 aliphatic rings. The summed E-state index contributed by atoms with van der Waals surface area (Å²) in [6.07, 6.45) is 7.58. The Morgan fingerprint density at radius 2 is 2.33 bits per heavy atom. The summed E-state index contributed by atoms with van der Waals surface area (Å²) in [5, 5.41) is 9.11. The lowest BCUT2D eigenvalue weighted by molar-refractivity contribution is 0.391. The van der Waals surface area contributed by atoms with E-state index >= 15 is 0 Å². The van der Waals surface area contributed by atoms with Crippen molar-refractivity contribution in [2.75, 3.05) is 6.54 Å². The molecule has 0 aliphatic carbocycles. The Labute approximate surface area is 71.0 Å². The van der Waals surface area contributed by atoms with E-state index in [-0.39, 0.29) is 5.88 Å². The van der Waals surface area contributed by atoms with Crippen LogP contribution < -0.4 is 0 Å². The zero-order valence-electron chi connectivity index (χ0n) is 6.86. The van der Waals surface area contributed by atoms with Gasteiger partial charge in [-0.1, -0.05) is 6.08 Å². The molecule has 0 aromatic carbocycles. The first-order valence-electron chi connectivity index (χ1n) is 3.87. The van der Waals surface area contributed by atoms with Crippen LogP contribution in [0.3, 0.4) is 0 Å². The molecule has 0 unspecified atom stereocenters. The van der Waals surface area contributed by atoms with Crippen LogP contribution in [0, 0.1) is 0 Å². The molecule has 62 valence electrons. The normalized spacial score (nSPS) is 21.1. The first kappa shape index (κ1) is 7.16. The zero-order chi connectivity index (χ0) is 8.55. The molecule has 0 radical (unpaired) electrons. The van der Waals surface area contributed by atoms with Gasteiger partial charge >= 0.3 is 0 Å².